The van der Waals surface area contributed by atoms with Crippen molar-refractivity contribution in [3.63, 3.8) is 0 Å². The number of urea groups is 1. The third-order valence-electron chi connectivity index (χ3n) is 4.15. The van der Waals surface area contributed by atoms with Crippen LogP contribution in [0.4, 0.5) is 4.79 Å². The van der Waals surface area contributed by atoms with Gasteiger partial charge in [-0.05, 0) is 31.4 Å². The largest absolute Gasteiger partial charge is 0.338 e. The molecule has 0 unspecified atom stereocenters. The average molecular weight is 303 g/mol. The molecule has 1 aromatic rings. The highest BCUT2D eigenvalue weighted by molar-refractivity contribution is 5.78. The molecule has 0 aliphatic carbocycles. The van der Waals surface area contributed by atoms with Crippen molar-refractivity contribution in [2.45, 2.75) is 33.2 Å². The summed E-state index contributed by atoms with van der Waals surface area (Å²) in [6, 6.07) is 8.16. The van der Waals surface area contributed by atoms with E-state index in [-0.39, 0.29) is 11.9 Å². The minimum Gasteiger partial charge on any atom is -0.338 e. The van der Waals surface area contributed by atoms with E-state index in [4.69, 9.17) is 0 Å². The highest BCUT2D eigenvalue weighted by atomic mass is 16.2. The summed E-state index contributed by atoms with van der Waals surface area (Å²) >= 11 is 0. The predicted octanol–water partition coefficient (Wildman–Crippen LogP) is 2.01. The number of nitrogens with zero attached hydrogens (tertiary/aromatic N) is 2. The maximum Gasteiger partial charge on any atom is 0.317 e. The topological polar surface area (TPSA) is 52.7 Å². The van der Waals surface area contributed by atoms with Crippen LogP contribution in [0, 0.1) is 0 Å². The zero-order valence-electron chi connectivity index (χ0n) is 13.5. The van der Waals surface area contributed by atoms with Gasteiger partial charge in [-0.25, -0.2) is 4.79 Å². The number of benzene rings is 1. The van der Waals surface area contributed by atoms with E-state index in [2.05, 4.69) is 17.4 Å². The molecular weight excluding hydrogens is 278 g/mol. The van der Waals surface area contributed by atoms with Crippen molar-refractivity contribution in [2.24, 2.45) is 0 Å². The molecule has 2 rings (SSSR count). The number of hydrogen-bond acceptors (Lipinski definition) is 2. The second-order valence-corrected chi connectivity index (χ2v) is 5.49. The number of hydrogen-bond donors (Lipinski definition) is 1. The van der Waals surface area contributed by atoms with Crippen LogP contribution in [0.3, 0.4) is 0 Å². The van der Waals surface area contributed by atoms with E-state index < -0.39 is 0 Å². The normalized spacial score (nSPS) is 13.5. The molecule has 0 saturated heterocycles. The lowest BCUT2D eigenvalue weighted by Gasteiger charge is -2.29. The summed E-state index contributed by atoms with van der Waals surface area (Å²) in [6.45, 7) is 7.09. The Kier molecular flexibility index (Phi) is 5.81. The van der Waals surface area contributed by atoms with Gasteiger partial charge >= 0.3 is 6.03 Å². The van der Waals surface area contributed by atoms with Crippen molar-refractivity contribution in [2.75, 3.05) is 26.2 Å². The minimum atomic E-state index is -0.0956. The van der Waals surface area contributed by atoms with Gasteiger partial charge in [-0.15, -0.1) is 0 Å². The van der Waals surface area contributed by atoms with E-state index in [1.165, 1.54) is 11.1 Å². The molecular formula is C17H25N3O2. The number of fused-ring (bicyclic) bond motifs is 1. The first-order valence-electron chi connectivity index (χ1n) is 8.03. The molecule has 5 heteroatoms. The van der Waals surface area contributed by atoms with Crippen molar-refractivity contribution < 1.29 is 9.59 Å². The Morgan fingerprint density at radius 3 is 2.55 bits per heavy atom. The number of carbonyl (C=O) groups is 2. The van der Waals surface area contributed by atoms with Crippen molar-refractivity contribution >= 4 is 11.9 Å². The third-order valence-corrected chi connectivity index (χ3v) is 4.15. The Morgan fingerprint density at radius 1 is 1.18 bits per heavy atom. The first-order valence-corrected chi connectivity index (χ1v) is 8.03. The monoisotopic (exact) mass is 303 g/mol. The third kappa shape index (κ3) is 4.00. The van der Waals surface area contributed by atoms with Crippen LogP contribution in [-0.2, 0) is 17.8 Å². The van der Waals surface area contributed by atoms with Crippen molar-refractivity contribution in [1.82, 2.24) is 15.1 Å². The molecule has 5 nitrogen and oxygen atoms in total. The molecule has 0 spiro atoms. The van der Waals surface area contributed by atoms with Gasteiger partial charge in [0.15, 0.2) is 0 Å². The van der Waals surface area contributed by atoms with Crippen LogP contribution < -0.4 is 5.32 Å². The van der Waals surface area contributed by atoms with Crippen molar-refractivity contribution in [3.8, 4) is 0 Å². The molecule has 22 heavy (non-hydrogen) atoms. The van der Waals surface area contributed by atoms with Crippen LogP contribution >= 0.6 is 0 Å². The number of carbonyl (C=O) groups excluding carboxylic acids is 2. The van der Waals surface area contributed by atoms with Crippen LogP contribution in [-0.4, -0.2) is 47.9 Å². The fourth-order valence-electron chi connectivity index (χ4n) is 2.77. The van der Waals surface area contributed by atoms with Crippen LogP contribution in [0.15, 0.2) is 24.3 Å². The van der Waals surface area contributed by atoms with E-state index in [1.54, 1.807) is 4.90 Å². The molecule has 1 aliphatic heterocycles. The van der Waals surface area contributed by atoms with Gasteiger partial charge in [0.1, 0.15) is 0 Å². The molecule has 1 heterocycles. The Balaban J connectivity index is 1.78. The first kappa shape index (κ1) is 16.3. The Morgan fingerprint density at radius 2 is 1.86 bits per heavy atom. The summed E-state index contributed by atoms with van der Waals surface area (Å²) in [7, 11) is 0. The van der Waals surface area contributed by atoms with Crippen LogP contribution in [0.5, 0.6) is 0 Å². The summed E-state index contributed by atoms with van der Waals surface area (Å²) in [6.07, 6.45) is 1.27. The summed E-state index contributed by atoms with van der Waals surface area (Å²) in [5.74, 6) is 0.106. The lowest BCUT2D eigenvalue weighted by Crippen LogP contribution is -2.42. The van der Waals surface area contributed by atoms with Gasteiger partial charge in [0.05, 0.1) is 0 Å². The summed E-state index contributed by atoms with van der Waals surface area (Å²) in [5, 5.41) is 2.81. The van der Waals surface area contributed by atoms with Crippen molar-refractivity contribution in [1.29, 1.82) is 0 Å². The minimum absolute atomic E-state index is 0.0956. The molecule has 0 bridgehead atoms. The summed E-state index contributed by atoms with van der Waals surface area (Å²) < 4.78 is 0. The quantitative estimate of drug-likeness (QED) is 0.904. The van der Waals surface area contributed by atoms with Crippen molar-refractivity contribution in [3.05, 3.63) is 35.4 Å². The fourth-order valence-corrected chi connectivity index (χ4v) is 2.77. The zero-order chi connectivity index (χ0) is 15.9. The maximum atomic E-state index is 12.3. The van der Waals surface area contributed by atoms with Crippen LogP contribution in [0.25, 0.3) is 0 Å². The molecule has 0 radical (unpaired) electrons. The molecule has 1 aliphatic rings. The molecule has 0 saturated carbocycles. The van der Waals surface area contributed by atoms with Gasteiger partial charge in [0.25, 0.3) is 0 Å². The smallest absolute Gasteiger partial charge is 0.317 e. The fraction of sp³-hybridized carbons (Fsp3) is 0.529. The standard InChI is InChI=1S/C17H25N3O2/c1-3-19(4-2)17(22)18-11-9-16(21)20-12-10-14-7-5-6-8-15(14)13-20/h5-8H,3-4,9-13H2,1-2H3,(H,18,22). The molecule has 1 aromatic carbocycles. The van der Waals surface area contributed by atoms with E-state index in [0.717, 1.165) is 13.0 Å². The zero-order valence-corrected chi connectivity index (χ0v) is 13.5. The van der Waals surface area contributed by atoms with Crippen LogP contribution in [0.1, 0.15) is 31.4 Å². The maximum absolute atomic E-state index is 12.3. The summed E-state index contributed by atoms with van der Waals surface area (Å²) in [5.41, 5.74) is 2.57. The Labute approximate surface area is 132 Å². The highest BCUT2D eigenvalue weighted by Crippen LogP contribution is 2.18. The van der Waals surface area contributed by atoms with E-state index in [0.29, 0.717) is 32.6 Å². The Hall–Kier alpha value is -2.04. The lowest BCUT2D eigenvalue weighted by atomic mass is 10.00. The van der Waals surface area contributed by atoms with Crippen LogP contribution in [0.2, 0.25) is 0 Å². The molecule has 0 atom stereocenters. The Bertz CT molecular complexity index is 526. The number of nitrogens with one attached hydrogen (secondary N) is 1. The van der Waals surface area contributed by atoms with Gasteiger partial charge in [-0.2, -0.15) is 0 Å². The van der Waals surface area contributed by atoms with E-state index >= 15 is 0 Å². The molecule has 1 N–H and O–H groups in total. The molecule has 3 amide bonds. The first-order chi connectivity index (χ1) is 10.7. The van der Waals surface area contributed by atoms with E-state index in [1.807, 2.05) is 30.9 Å². The summed E-state index contributed by atoms with van der Waals surface area (Å²) in [4.78, 5) is 27.7. The van der Waals surface area contributed by atoms with Gasteiger partial charge in [0.2, 0.25) is 5.91 Å². The van der Waals surface area contributed by atoms with Gasteiger partial charge in [-0.1, -0.05) is 24.3 Å². The average Bonchev–Trinajstić information content (AvgIpc) is 2.55. The SMILES string of the molecule is CCN(CC)C(=O)NCCC(=O)N1CCc2ccccc2C1. The van der Waals surface area contributed by atoms with Gasteiger partial charge < -0.3 is 15.1 Å². The molecule has 120 valence electrons. The highest BCUT2D eigenvalue weighted by Gasteiger charge is 2.20. The number of rotatable bonds is 5. The van der Waals surface area contributed by atoms with E-state index in [9.17, 15) is 9.59 Å². The second-order valence-electron chi connectivity index (χ2n) is 5.49. The molecule has 0 fully saturated rings. The molecule has 0 aromatic heterocycles. The van der Waals surface area contributed by atoms with Gasteiger partial charge in [0, 0.05) is 39.1 Å². The predicted molar refractivity (Wildman–Crippen MR) is 86.5 cm³/mol. The number of amides is 3. The lowest BCUT2D eigenvalue weighted by molar-refractivity contribution is -0.131. The van der Waals surface area contributed by atoms with Gasteiger partial charge in [-0.3, -0.25) is 4.79 Å². The second kappa shape index (κ2) is 7.82.